The molecule has 0 bridgehead atoms. The minimum absolute atomic E-state index is 0.00185. The Kier molecular flexibility index (Phi) is 2.08. The summed E-state index contributed by atoms with van der Waals surface area (Å²) in [4.78, 5) is 3.62. The Balaban J connectivity index is 2.53. The van der Waals surface area contributed by atoms with Crippen molar-refractivity contribution in [3.63, 3.8) is 0 Å². The maximum atomic E-state index is 13.2. The van der Waals surface area contributed by atoms with Crippen LogP contribution in [-0.2, 0) is 0 Å². The first-order chi connectivity index (χ1) is 6.70. The first-order valence-corrected chi connectivity index (χ1v) is 3.94. The van der Waals surface area contributed by atoms with Crippen LogP contribution in [0.15, 0.2) is 27.7 Å². The number of rotatable bonds is 1. The van der Waals surface area contributed by atoms with E-state index in [2.05, 4.69) is 20.4 Å². The summed E-state index contributed by atoms with van der Waals surface area (Å²) in [6.07, 6.45) is 1.12. The van der Waals surface area contributed by atoms with Crippen molar-refractivity contribution in [2.45, 2.75) is 0 Å². The lowest BCUT2D eigenvalue weighted by Gasteiger charge is -1.99. The minimum atomic E-state index is -1.10. The molecule has 7 heteroatoms. The number of aromatic nitrogens is 1. The summed E-state index contributed by atoms with van der Waals surface area (Å²) in [5.41, 5.74) is -0.281. The predicted molar refractivity (Wildman–Crippen MR) is 48.1 cm³/mol. The van der Waals surface area contributed by atoms with E-state index in [1.54, 1.807) is 0 Å². The van der Waals surface area contributed by atoms with Gasteiger partial charge >= 0.3 is 0 Å². The van der Waals surface area contributed by atoms with Crippen molar-refractivity contribution < 1.29 is 8.78 Å². The molecule has 1 aromatic rings. The third kappa shape index (κ3) is 1.31. The normalized spacial score (nSPS) is 14.7. The predicted octanol–water partition coefficient (Wildman–Crippen LogP) is 1.86. The fourth-order valence-electron chi connectivity index (χ4n) is 0.932. The molecule has 0 atom stereocenters. The summed E-state index contributed by atoms with van der Waals surface area (Å²) in [5, 5.41) is 10.1. The highest BCUT2D eigenvalue weighted by Gasteiger charge is 2.21. The zero-order valence-electron chi connectivity index (χ0n) is 6.61. The van der Waals surface area contributed by atoms with E-state index in [0.29, 0.717) is 0 Å². The van der Waals surface area contributed by atoms with Gasteiger partial charge in [0.15, 0.2) is 22.3 Å². The second-order valence-electron chi connectivity index (χ2n) is 2.40. The summed E-state index contributed by atoms with van der Waals surface area (Å²) in [7, 11) is 0. The fraction of sp³-hybridized carbons (Fsp3) is 0. The number of hydrogen-bond acceptors (Lipinski definition) is 4. The Morgan fingerprint density at radius 2 is 2.07 bits per heavy atom. The molecule has 0 aliphatic carbocycles. The molecule has 0 saturated carbocycles. The number of pyridine rings is 1. The van der Waals surface area contributed by atoms with Gasteiger partial charge < -0.3 is 0 Å². The Bertz CT molecular complexity index is 469. The monoisotopic (exact) mass is 212 g/mol. The molecule has 0 fully saturated rings. The van der Waals surface area contributed by atoms with Gasteiger partial charge in [0.2, 0.25) is 0 Å². The molecule has 14 heavy (non-hydrogen) atoms. The largest absolute Gasteiger partial charge is 0.251 e. The maximum Gasteiger partial charge on any atom is 0.186 e. The number of halogens is 2. The summed E-state index contributed by atoms with van der Waals surface area (Å²) >= 11 is 4.71. The number of thiocarbonyl (C=S) groups is 1. The second-order valence-corrected chi connectivity index (χ2v) is 2.79. The molecule has 1 aliphatic rings. The lowest BCUT2D eigenvalue weighted by atomic mass is 10.2. The van der Waals surface area contributed by atoms with Gasteiger partial charge in [0.25, 0.3) is 0 Å². The van der Waals surface area contributed by atoms with Crippen LogP contribution in [0.4, 0.5) is 8.78 Å². The molecule has 0 saturated heterocycles. The first-order valence-electron chi connectivity index (χ1n) is 3.53. The second kappa shape index (κ2) is 3.26. The van der Waals surface area contributed by atoms with Crippen LogP contribution in [0, 0.1) is 11.6 Å². The van der Waals surface area contributed by atoms with Gasteiger partial charge in [-0.05, 0) is 11.3 Å². The zero-order chi connectivity index (χ0) is 10.1. The zero-order valence-corrected chi connectivity index (χ0v) is 7.42. The van der Waals surface area contributed by atoms with Crippen molar-refractivity contribution in [1.82, 2.24) is 4.98 Å². The standard InChI is InChI=1S/C7H2F2N4S/c8-3-1-2-10-5(4(3)9)6-7(14)12-13-11-6/h1-2H. The van der Waals surface area contributed by atoms with Gasteiger partial charge in [0.1, 0.15) is 5.69 Å². The first kappa shape index (κ1) is 8.95. The van der Waals surface area contributed by atoms with Crippen LogP contribution < -0.4 is 0 Å². The molecule has 0 unspecified atom stereocenters. The quantitative estimate of drug-likeness (QED) is 0.667. The van der Waals surface area contributed by atoms with E-state index in [1.165, 1.54) is 0 Å². The topological polar surface area (TPSA) is 50.0 Å². The van der Waals surface area contributed by atoms with E-state index in [1.807, 2.05) is 0 Å². The summed E-state index contributed by atoms with van der Waals surface area (Å²) in [6, 6.07) is 0.908. The molecule has 1 aromatic heterocycles. The van der Waals surface area contributed by atoms with Crippen molar-refractivity contribution in [2.24, 2.45) is 15.4 Å². The van der Waals surface area contributed by atoms with Crippen LogP contribution >= 0.6 is 12.2 Å². The Hall–Kier alpha value is -1.63. The van der Waals surface area contributed by atoms with Crippen molar-refractivity contribution in [2.75, 3.05) is 0 Å². The highest BCUT2D eigenvalue weighted by molar-refractivity contribution is 7.82. The van der Waals surface area contributed by atoms with Crippen LogP contribution in [0.2, 0.25) is 0 Å². The minimum Gasteiger partial charge on any atom is -0.251 e. The lowest BCUT2D eigenvalue weighted by molar-refractivity contribution is 0.502. The molecule has 0 radical (unpaired) electrons. The smallest absolute Gasteiger partial charge is 0.186 e. The van der Waals surface area contributed by atoms with Gasteiger partial charge in [0, 0.05) is 6.20 Å². The van der Waals surface area contributed by atoms with E-state index in [0.717, 1.165) is 12.3 Å². The van der Waals surface area contributed by atoms with Gasteiger partial charge in [-0.25, -0.2) is 8.78 Å². The van der Waals surface area contributed by atoms with E-state index < -0.39 is 11.6 Å². The van der Waals surface area contributed by atoms with Gasteiger partial charge in [-0.15, -0.1) is 10.2 Å². The van der Waals surface area contributed by atoms with Gasteiger partial charge in [-0.1, -0.05) is 12.2 Å². The molecule has 2 heterocycles. The van der Waals surface area contributed by atoms with E-state index >= 15 is 0 Å². The molecule has 0 aromatic carbocycles. The average Bonchev–Trinajstić information content (AvgIpc) is 2.57. The van der Waals surface area contributed by atoms with Gasteiger partial charge in [-0.3, -0.25) is 4.98 Å². The average molecular weight is 212 g/mol. The Morgan fingerprint density at radius 3 is 2.71 bits per heavy atom. The SMILES string of the molecule is Fc1ccnc(C2=NN=NC2=S)c1F. The van der Waals surface area contributed by atoms with E-state index in [4.69, 9.17) is 12.2 Å². The van der Waals surface area contributed by atoms with Crippen molar-refractivity contribution >= 4 is 22.9 Å². The third-order valence-corrected chi connectivity index (χ3v) is 1.82. The van der Waals surface area contributed by atoms with Gasteiger partial charge in [-0.2, -0.15) is 0 Å². The van der Waals surface area contributed by atoms with Crippen molar-refractivity contribution in [1.29, 1.82) is 0 Å². The molecule has 4 nitrogen and oxygen atoms in total. The maximum absolute atomic E-state index is 13.2. The third-order valence-electron chi connectivity index (χ3n) is 1.55. The lowest BCUT2D eigenvalue weighted by Crippen LogP contribution is -2.12. The van der Waals surface area contributed by atoms with Crippen molar-refractivity contribution in [3.05, 3.63) is 29.6 Å². The molecule has 0 spiro atoms. The highest BCUT2D eigenvalue weighted by Crippen LogP contribution is 2.13. The summed E-state index contributed by atoms with van der Waals surface area (Å²) < 4.78 is 26.0. The molecule has 1 aliphatic heterocycles. The molecular weight excluding hydrogens is 210 g/mol. The van der Waals surface area contributed by atoms with Crippen LogP contribution in [-0.4, -0.2) is 15.7 Å². The summed E-state index contributed by atoms with van der Waals surface area (Å²) in [6.45, 7) is 0. The summed E-state index contributed by atoms with van der Waals surface area (Å²) in [5.74, 6) is -2.10. The number of nitrogens with zero attached hydrogens (tertiary/aromatic N) is 4. The Labute approximate surface area is 82.4 Å². The van der Waals surface area contributed by atoms with Crippen LogP contribution in [0.1, 0.15) is 5.69 Å². The van der Waals surface area contributed by atoms with Crippen LogP contribution in [0.3, 0.4) is 0 Å². The number of hydrogen-bond donors (Lipinski definition) is 0. The molecule has 0 N–H and O–H groups in total. The molecular formula is C7H2F2N4S. The van der Waals surface area contributed by atoms with Crippen LogP contribution in [0.5, 0.6) is 0 Å². The Morgan fingerprint density at radius 1 is 1.29 bits per heavy atom. The van der Waals surface area contributed by atoms with Gasteiger partial charge in [0.05, 0.1) is 0 Å². The van der Waals surface area contributed by atoms with E-state index in [-0.39, 0.29) is 16.4 Å². The van der Waals surface area contributed by atoms with E-state index in [9.17, 15) is 8.78 Å². The molecule has 2 rings (SSSR count). The van der Waals surface area contributed by atoms with Crippen LogP contribution in [0.25, 0.3) is 0 Å². The molecule has 70 valence electrons. The van der Waals surface area contributed by atoms with Crippen molar-refractivity contribution in [3.8, 4) is 0 Å². The fourth-order valence-corrected chi connectivity index (χ4v) is 1.11. The highest BCUT2D eigenvalue weighted by atomic mass is 32.1. The molecule has 0 amide bonds.